The van der Waals surface area contributed by atoms with Crippen LogP contribution in [0.3, 0.4) is 0 Å². The lowest BCUT2D eigenvalue weighted by Crippen LogP contribution is -2.45. The summed E-state index contributed by atoms with van der Waals surface area (Å²) in [6, 6.07) is 14.9. The molecule has 1 N–H and O–H groups in total. The molecular weight excluding hydrogens is 495 g/mol. The van der Waals surface area contributed by atoms with E-state index in [0.717, 1.165) is 49.9 Å². The number of halogens is 2. The highest BCUT2D eigenvalue weighted by Crippen LogP contribution is 2.34. The quantitative estimate of drug-likeness (QED) is 0.477. The molecule has 1 saturated heterocycles. The second-order valence-corrected chi connectivity index (χ2v) is 10.2. The summed E-state index contributed by atoms with van der Waals surface area (Å²) < 4.78 is 0. The molecule has 2 heterocycles. The summed E-state index contributed by atoms with van der Waals surface area (Å²) in [5.74, 6) is -0.259. The van der Waals surface area contributed by atoms with Gasteiger partial charge in [0, 0.05) is 49.8 Å². The Kier molecular flexibility index (Phi) is 7.17. The van der Waals surface area contributed by atoms with Crippen LogP contribution < -0.4 is 10.2 Å². The number of nitrogens with one attached hydrogen (secondary N) is 1. The van der Waals surface area contributed by atoms with Crippen LogP contribution in [0.15, 0.2) is 60.9 Å². The van der Waals surface area contributed by atoms with Crippen molar-refractivity contribution in [2.75, 3.05) is 25.0 Å². The Balaban J connectivity index is 1.26. The van der Waals surface area contributed by atoms with Crippen LogP contribution in [0.1, 0.15) is 57.1 Å². The van der Waals surface area contributed by atoms with E-state index in [0.29, 0.717) is 16.1 Å². The minimum atomic E-state index is -0.268. The molecule has 0 bridgehead atoms. The molecule has 1 aliphatic carbocycles. The fourth-order valence-electron chi connectivity index (χ4n) is 5.24. The fraction of sp³-hybridized carbons (Fsp3) is 0.321. The number of fused-ring (bicyclic) bond motifs is 1. The molecule has 1 atom stereocenters. The number of nitrogens with zero attached hydrogens (tertiary/aromatic N) is 3. The van der Waals surface area contributed by atoms with E-state index in [1.54, 1.807) is 18.2 Å². The van der Waals surface area contributed by atoms with Crippen molar-refractivity contribution in [2.24, 2.45) is 0 Å². The van der Waals surface area contributed by atoms with Crippen molar-refractivity contribution in [3.8, 4) is 0 Å². The largest absolute Gasteiger partial charge is 0.371 e. The second-order valence-electron chi connectivity index (χ2n) is 9.42. The molecule has 1 aliphatic heterocycles. The maximum absolute atomic E-state index is 13.4. The first-order valence-corrected chi connectivity index (χ1v) is 13.0. The summed E-state index contributed by atoms with van der Waals surface area (Å²) in [6.45, 7) is 1.80. The Bertz CT molecular complexity index is 1280. The Morgan fingerprint density at radius 3 is 2.53 bits per heavy atom. The molecule has 36 heavy (non-hydrogen) atoms. The van der Waals surface area contributed by atoms with Crippen molar-refractivity contribution in [1.82, 2.24) is 15.2 Å². The third kappa shape index (κ3) is 4.93. The average Bonchev–Trinajstić information content (AvgIpc) is 3.31. The second kappa shape index (κ2) is 10.5. The number of anilines is 1. The molecule has 8 heteroatoms. The molecule has 2 aliphatic rings. The number of piperidine rings is 1. The van der Waals surface area contributed by atoms with Crippen LogP contribution in [0.4, 0.5) is 5.69 Å². The Morgan fingerprint density at radius 2 is 1.78 bits per heavy atom. The lowest BCUT2D eigenvalue weighted by atomic mass is 10.00. The first kappa shape index (κ1) is 24.6. The zero-order valence-corrected chi connectivity index (χ0v) is 21.6. The van der Waals surface area contributed by atoms with Crippen molar-refractivity contribution in [3.05, 3.63) is 93.2 Å². The van der Waals surface area contributed by atoms with Crippen LogP contribution in [0.5, 0.6) is 0 Å². The minimum absolute atomic E-state index is 0.00928. The van der Waals surface area contributed by atoms with E-state index in [4.69, 9.17) is 23.2 Å². The number of aromatic nitrogens is 1. The van der Waals surface area contributed by atoms with Crippen LogP contribution in [-0.2, 0) is 6.42 Å². The number of pyridine rings is 1. The lowest BCUT2D eigenvalue weighted by Gasteiger charge is -2.38. The molecule has 1 unspecified atom stereocenters. The number of rotatable bonds is 5. The summed E-state index contributed by atoms with van der Waals surface area (Å²) in [5.41, 5.74) is 4.32. The smallest absolute Gasteiger partial charge is 0.253 e. The van der Waals surface area contributed by atoms with Crippen LogP contribution >= 0.6 is 23.2 Å². The molecule has 0 radical (unpaired) electrons. The highest BCUT2D eigenvalue weighted by atomic mass is 35.5. The molecule has 3 aromatic rings. The van der Waals surface area contributed by atoms with Crippen molar-refractivity contribution in [3.63, 3.8) is 0 Å². The van der Waals surface area contributed by atoms with Crippen LogP contribution in [-0.4, -0.2) is 47.9 Å². The third-order valence-corrected chi connectivity index (χ3v) is 8.15. The molecular formula is C28H28Cl2N4O2. The van der Waals surface area contributed by atoms with Gasteiger partial charge in [0.05, 0.1) is 21.7 Å². The molecule has 186 valence electrons. The third-order valence-electron chi connectivity index (χ3n) is 7.33. The first-order valence-electron chi connectivity index (χ1n) is 12.2. The van der Waals surface area contributed by atoms with E-state index >= 15 is 0 Å². The summed E-state index contributed by atoms with van der Waals surface area (Å²) in [4.78, 5) is 34.6. The molecule has 0 saturated carbocycles. The molecule has 0 spiro atoms. The monoisotopic (exact) mass is 522 g/mol. The summed E-state index contributed by atoms with van der Waals surface area (Å²) in [7, 11) is 1.89. The molecule has 1 aromatic heterocycles. The topological polar surface area (TPSA) is 65.5 Å². The van der Waals surface area contributed by atoms with E-state index < -0.39 is 0 Å². The average molecular weight is 523 g/mol. The normalized spacial score (nSPS) is 17.5. The maximum Gasteiger partial charge on any atom is 0.253 e. The highest BCUT2D eigenvalue weighted by molar-refractivity contribution is 6.43. The SMILES string of the molecule is CN(C(=O)c1ccc2c(c1)C(NC(=O)c1cccc(Cl)c1Cl)CC2)C1CCN(c2ccncc2)CC1. The number of amides is 2. The van der Waals surface area contributed by atoms with E-state index in [9.17, 15) is 9.59 Å². The zero-order valence-electron chi connectivity index (χ0n) is 20.1. The van der Waals surface area contributed by atoms with Gasteiger partial charge in [-0.25, -0.2) is 0 Å². The molecule has 1 fully saturated rings. The summed E-state index contributed by atoms with van der Waals surface area (Å²) in [5, 5.41) is 3.67. The van der Waals surface area contributed by atoms with Gasteiger partial charge in [-0.3, -0.25) is 14.6 Å². The van der Waals surface area contributed by atoms with Gasteiger partial charge in [0.2, 0.25) is 0 Å². The van der Waals surface area contributed by atoms with E-state index in [1.165, 1.54) is 5.69 Å². The summed E-state index contributed by atoms with van der Waals surface area (Å²) >= 11 is 12.3. The maximum atomic E-state index is 13.4. The molecule has 2 aromatic carbocycles. The standard InChI is InChI=1S/C28H28Cl2N4O2/c1-33(20-11-15-34(16-12-20)21-9-13-31-14-10-21)28(36)19-6-5-18-7-8-25(23(18)17-19)32-27(35)22-3-2-4-24(29)26(22)30/h2-6,9-10,13-14,17,20,25H,7-8,11-12,15-16H2,1H3,(H,32,35). The van der Waals surface area contributed by atoms with E-state index in [2.05, 4.69) is 15.2 Å². The first-order chi connectivity index (χ1) is 17.4. The predicted molar refractivity (Wildman–Crippen MR) is 143 cm³/mol. The molecule has 2 amide bonds. The molecule has 6 nitrogen and oxygen atoms in total. The fourth-order valence-corrected chi connectivity index (χ4v) is 5.62. The van der Waals surface area contributed by atoms with Crippen molar-refractivity contribution >= 4 is 40.7 Å². The van der Waals surface area contributed by atoms with Gasteiger partial charge in [-0.15, -0.1) is 0 Å². The number of carbonyl (C=O) groups excluding carboxylic acids is 2. The Morgan fingerprint density at radius 1 is 1.03 bits per heavy atom. The van der Waals surface area contributed by atoms with Gasteiger partial charge >= 0.3 is 0 Å². The van der Waals surface area contributed by atoms with E-state index in [1.807, 2.05) is 54.7 Å². The van der Waals surface area contributed by atoms with E-state index in [-0.39, 0.29) is 28.9 Å². The number of carbonyl (C=O) groups is 2. The number of hydrogen-bond acceptors (Lipinski definition) is 4. The zero-order chi connectivity index (χ0) is 25.2. The molecule has 5 rings (SSSR count). The van der Waals surface area contributed by atoms with Gasteiger partial charge in [0.1, 0.15) is 0 Å². The van der Waals surface area contributed by atoms with Gasteiger partial charge in [-0.05, 0) is 73.2 Å². The number of aryl methyl sites for hydroxylation is 1. The summed E-state index contributed by atoms with van der Waals surface area (Å²) in [6.07, 6.45) is 7.07. The van der Waals surface area contributed by atoms with Crippen LogP contribution in [0.2, 0.25) is 10.0 Å². The van der Waals surface area contributed by atoms with Crippen LogP contribution in [0, 0.1) is 0 Å². The lowest BCUT2D eigenvalue weighted by molar-refractivity contribution is 0.0709. The highest BCUT2D eigenvalue weighted by Gasteiger charge is 2.29. The Labute approximate surface area is 221 Å². The van der Waals surface area contributed by atoms with Gasteiger partial charge in [-0.2, -0.15) is 0 Å². The van der Waals surface area contributed by atoms with Gasteiger partial charge in [0.15, 0.2) is 0 Å². The minimum Gasteiger partial charge on any atom is -0.371 e. The van der Waals surface area contributed by atoms with Crippen molar-refractivity contribution in [2.45, 2.75) is 37.8 Å². The number of benzene rings is 2. The van der Waals surface area contributed by atoms with Gasteiger partial charge in [0.25, 0.3) is 11.8 Å². The van der Waals surface area contributed by atoms with Gasteiger partial charge in [-0.1, -0.05) is 35.3 Å². The predicted octanol–water partition coefficient (Wildman–Crippen LogP) is 5.55. The number of hydrogen-bond donors (Lipinski definition) is 1. The Hall–Kier alpha value is -3.09. The van der Waals surface area contributed by atoms with Gasteiger partial charge < -0.3 is 15.1 Å². The van der Waals surface area contributed by atoms with Crippen molar-refractivity contribution < 1.29 is 9.59 Å². The van der Waals surface area contributed by atoms with Crippen LogP contribution in [0.25, 0.3) is 0 Å². The van der Waals surface area contributed by atoms with Crippen molar-refractivity contribution in [1.29, 1.82) is 0 Å².